The molecule has 0 saturated heterocycles. The highest BCUT2D eigenvalue weighted by Gasteiger charge is 2.25. The van der Waals surface area contributed by atoms with Gasteiger partial charge in [-0.25, -0.2) is 0 Å². The third-order valence-electron chi connectivity index (χ3n) is 1.27. The maximum absolute atomic E-state index is 10.9. The monoisotopic (exact) mass is 201 g/mol. The fourth-order valence-corrected chi connectivity index (χ4v) is 0.723. The van der Waals surface area contributed by atoms with E-state index in [-0.39, 0.29) is 25.3 Å². The van der Waals surface area contributed by atoms with Gasteiger partial charge in [0.05, 0.1) is 13.2 Å². The molecule has 1 N–H and O–H groups in total. The highest BCUT2D eigenvalue weighted by Crippen LogP contribution is 2.10. The van der Waals surface area contributed by atoms with Crippen molar-refractivity contribution in [3.63, 3.8) is 0 Å². The van der Waals surface area contributed by atoms with Crippen molar-refractivity contribution in [2.24, 2.45) is 0 Å². The van der Waals surface area contributed by atoms with Crippen LogP contribution in [0.25, 0.3) is 4.98 Å². The molecule has 0 spiro atoms. The highest BCUT2D eigenvalue weighted by molar-refractivity contribution is 5.72. The first kappa shape index (κ1) is 12.2. The van der Waals surface area contributed by atoms with Gasteiger partial charge in [-0.15, -0.1) is 0 Å². The van der Waals surface area contributed by atoms with Gasteiger partial charge in [-0.05, 0) is 13.8 Å². The van der Waals surface area contributed by atoms with Crippen LogP contribution < -0.4 is 0 Å². The van der Waals surface area contributed by atoms with Crippen LogP contribution in [0.15, 0.2) is 11.6 Å². The molecule has 0 bridgehead atoms. The highest BCUT2D eigenvalue weighted by atomic mass is 16.6. The molecule has 0 unspecified atom stereocenters. The molecule has 0 heterocycles. The lowest BCUT2D eigenvalue weighted by molar-refractivity contribution is -0.142. The molecule has 0 aliphatic rings. The fraction of sp³-hybridized carbons (Fsp3) is 0.625. The maximum Gasteiger partial charge on any atom is 0.451 e. The van der Waals surface area contributed by atoms with Crippen LogP contribution in [-0.4, -0.2) is 24.3 Å². The largest absolute Gasteiger partial charge is 0.475 e. The Bertz CT molecular complexity index is 267. The van der Waals surface area contributed by atoms with Crippen molar-refractivity contribution >= 4 is 5.97 Å². The zero-order chi connectivity index (χ0) is 11.0. The average Bonchev–Trinajstić information content (AvgIpc) is 2.15. The van der Waals surface area contributed by atoms with E-state index in [0.717, 1.165) is 0 Å². The Kier molecular flexibility index (Phi) is 5.87. The number of hydrogen-bond donors (Lipinski definition) is 1. The molecule has 0 rings (SSSR count). The topological polar surface area (TPSA) is 83.9 Å². The second kappa shape index (κ2) is 6.71. The van der Waals surface area contributed by atoms with Gasteiger partial charge in [0.1, 0.15) is 0 Å². The van der Waals surface area contributed by atoms with E-state index in [9.17, 15) is 4.79 Å². The van der Waals surface area contributed by atoms with Gasteiger partial charge >= 0.3 is 17.6 Å². The summed E-state index contributed by atoms with van der Waals surface area (Å²) in [6.07, 6.45) is -0.323. The quantitative estimate of drug-likeness (QED) is 0.414. The number of esters is 1. The standard InChI is InChI=1S/C8H12N2O4/c1-3-13-7(11)5-6(10-9)8(12)14-4-2/h3-5H2,1-2H3/p+1/b8-6-. The van der Waals surface area contributed by atoms with Crippen LogP contribution in [-0.2, 0) is 14.3 Å². The lowest BCUT2D eigenvalue weighted by atomic mass is 10.3. The summed E-state index contributed by atoms with van der Waals surface area (Å²) >= 11 is 0. The molecule has 0 saturated carbocycles. The molecule has 78 valence electrons. The van der Waals surface area contributed by atoms with Crippen LogP contribution in [0.1, 0.15) is 20.3 Å². The van der Waals surface area contributed by atoms with Crippen LogP contribution in [0.2, 0.25) is 0 Å². The van der Waals surface area contributed by atoms with Crippen LogP contribution in [0, 0.1) is 5.39 Å². The first-order valence-electron chi connectivity index (χ1n) is 4.21. The number of nitrogens with zero attached hydrogens (tertiary/aromatic N) is 2. The van der Waals surface area contributed by atoms with Crippen molar-refractivity contribution in [3.8, 4) is 0 Å². The predicted octanol–water partition coefficient (Wildman–Crippen LogP) is 1.56. The second-order valence-electron chi connectivity index (χ2n) is 2.27. The molecule has 0 aliphatic heterocycles. The third kappa shape index (κ3) is 4.30. The van der Waals surface area contributed by atoms with Crippen LogP contribution in [0.4, 0.5) is 0 Å². The summed E-state index contributed by atoms with van der Waals surface area (Å²) in [6.45, 7) is 3.75. The smallest absolute Gasteiger partial charge is 0.451 e. The van der Waals surface area contributed by atoms with Gasteiger partial charge in [0.25, 0.3) is 0 Å². The van der Waals surface area contributed by atoms with Crippen molar-refractivity contribution in [1.82, 2.24) is 0 Å². The minimum absolute atomic E-state index is 0.216. The van der Waals surface area contributed by atoms with E-state index in [1.54, 1.807) is 13.8 Å². The van der Waals surface area contributed by atoms with E-state index < -0.39 is 11.9 Å². The summed E-state index contributed by atoms with van der Waals surface area (Å²) in [5, 5.41) is 17.6. The van der Waals surface area contributed by atoms with Gasteiger partial charge in [0.2, 0.25) is 5.39 Å². The molecule has 14 heavy (non-hydrogen) atoms. The third-order valence-corrected chi connectivity index (χ3v) is 1.27. The Morgan fingerprint density at radius 1 is 1.36 bits per heavy atom. The number of ether oxygens (including phenoxy) is 2. The SMILES string of the molecule is CCOC(=O)C/C([N+]#N)=C(\O)OCC. The van der Waals surface area contributed by atoms with E-state index >= 15 is 0 Å². The minimum Gasteiger partial charge on any atom is -0.475 e. The normalized spacial score (nSPS) is 11.2. The molecular weight excluding hydrogens is 188 g/mol. The average molecular weight is 201 g/mol. The Morgan fingerprint density at radius 2 is 1.93 bits per heavy atom. The molecule has 0 aromatic rings. The summed E-state index contributed by atoms with van der Waals surface area (Å²) in [4.78, 5) is 13.7. The van der Waals surface area contributed by atoms with E-state index in [0.29, 0.717) is 0 Å². The number of rotatable bonds is 5. The maximum atomic E-state index is 10.9. The Labute approximate surface area is 81.7 Å². The molecule has 0 radical (unpaired) electrons. The zero-order valence-electron chi connectivity index (χ0n) is 8.19. The van der Waals surface area contributed by atoms with Crippen LogP contribution in [0.5, 0.6) is 0 Å². The van der Waals surface area contributed by atoms with E-state index in [4.69, 9.17) is 10.5 Å². The number of aliphatic hydroxyl groups is 1. The van der Waals surface area contributed by atoms with Crippen LogP contribution in [0.3, 0.4) is 0 Å². The second-order valence-corrected chi connectivity index (χ2v) is 2.27. The van der Waals surface area contributed by atoms with Crippen molar-refractivity contribution in [1.29, 1.82) is 5.39 Å². The van der Waals surface area contributed by atoms with Gasteiger partial charge in [0, 0.05) is 0 Å². The molecule has 0 aromatic carbocycles. The van der Waals surface area contributed by atoms with Gasteiger partial charge in [0.15, 0.2) is 11.4 Å². The Morgan fingerprint density at radius 3 is 2.36 bits per heavy atom. The summed E-state index contributed by atoms with van der Waals surface area (Å²) in [5.41, 5.74) is -0.245. The number of carbonyl (C=O) groups is 1. The Balaban J connectivity index is 4.36. The molecule has 0 fully saturated rings. The van der Waals surface area contributed by atoms with Crippen molar-refractivity contribution < 1.29 is 19.4 Å². The van der Waals surface area contributed by atoms with Crippen molar-refractivity contribution in [3.05, 3.63) is 16.6 Å². The summed E-state index contributed by atoms with van der Waals surface area (Å²) in [5.74, 6) is -1.16. The number of hydrogen-bond acceptors (Lipinski definition) is 5. The fourth-order valence-electron chi connectivity index (χ4n) is 0.723. The molecular formula is C8H13N2O4+. The molecule has 6 heteroatoms. The Hall–Kier alpha value is -1.77. The molecule has 0 atom stereocenters. The lowest BCUT2D eigenvalue weighted by Gasteiger charge is -1.98. The first-order chi connectivity index (χ1) is 6.65. The number of aliphatic hydroxyl groups excluding tert-OH is 1. The minimum atomic E-state index is -0.591. The van der Waals surface area contributed by atoms with Gasteiger partial charge in [-0.2, -0.15) is 0 Å². The van der Waals surface area contributed by atoms with Crippen molar-refractivity contribution in [2.75, 3.05) is 13.2 Å². The molecule has 6 nitrogen and oxygen atoms in total. The van der Waals surface area contributed by atoms with Crippen LogP contribution >= 0.6 is 0 Å². The first-order valence-corrected chi connectivity index (χ1v) is 4.21. The molecule has 0 amide bonds. The van der Waals surface area contributed by atoms with Gasteiger partial charge in [-0.3, -0.25) is 4.79 Å². The summed E-state index contributed by atoms with van der Waals surface area (Å²) < 4.78 is 9.24. The summed E-state index contributed by atoms with van der Waals surface area (Å²) in [7, 11) is 0. The number of carbonyl (C=O) groups excluding carboxylic acids is 1. The number of diazo groups is 1. The van der Waals surface area contributed by atoms with Crippen molar-refractivity contribution in [2.45, 2.75) is 20.3 Å². The lowest BCUT2D eigenvalue weighted by Crippen LogP contribution is -2.06. The van der Waals surface area contributed by atoms with Gasteiger partial charge in [-0.1, -0.05) is 0 Å². The zero-order valence-corrected chi connectivity index (χ0v) is 8.19. The molecule has 0 aliphatic carbocycles. The van der Waals surface area contributed by atoms with Gasteiger partial charge < -0.3 is 14.6 Å². The molecule has 0 aromatic heterocycles. The van der Waals surface area contributed by atoms with E-state index in [1.807, 2.05) is 0 Å². The van der Waals surface area contributed by atoms with E-state index in [2.05, 4.69) is 14.4 Å². The predicted molar refractivity (Wildman–Crippen MR) is 47.6 cm³/mol. The van der Waals surface area contributed by atoms with E-state index in [1.165, 1.54) is 0 Å². The summed E-state index contributed by atoms with van der Waals surface area (Å²) in [6, 6.07) is 0.